The second-order valence-electron chi connectivity index (χ2n) is 5.12. The Hall–Kier alpha value is -0.570. The van der Waals surface area contributed by atoms with Crippen LogP contribution in [0.1, 0.15) is 39.0 Å². The van der Waals surface area contributed by atoms with Crippen LogP contribution in [0.2, 0.25) is 0 Å². The first-order valence-corrected chi connectivity index (χ1v) is 5.97. The third kappa shape index (κ3) is 1.78. The molecule has 1 N–H and O–H groups in total. The Morgan fingerprint density at radius 2 is 1.93 bits per heavy atom. The van der Waals surface area contributed by atoms with Crippen LogP contribution in [0.4, 0.5) is 0 Å². The molecule has 0 amide bonds. The highest BCUT2D eigenvalue weighted by Gasteiger charge is 2.51. The average Bonchev–Trinajstić information content (AvgIpc) is 2.17. The van der Waals surface area contributed by atoms with E-state index in [-0.39, 0.29) is 11.3 Å². The maximum absolute atomic E-state index is 11.1. The van der Waals surface area contributed by atoms with Crippen LogP contribution >= 0.6 is 0 Å². The largest absolute Gasteiger partial charge is 0.481 e. The highest BCUT2D eigenvalue weighted by Crippen LogP contribution is 2.48. The fourth-order valence-electron chi connectivity index (χ4n) is 3.10. The van der Waals surface area contributed by atoms with Gasteiger partial charge in [0, 0.05) is 5.41 Å². The summed E-state index contributed by atoms with van der Waals surface area (Å²) < 4.78 is 5.30. The quantitative estimate of drug-likeness (QED) is 0.780. The molecule has 1 saturated carbocycles. The van der Waals surface area contributed by atoms with Crippen LogP contribution in [0.3, 0.4) is 0 Å². The summed E-state index contributed by atoms with van der Waals surface area (Å²) in [5.74, 6) is -0.343. The first-order chi connectivity index (χ1) is 7.17. The molecular formula is C12H20O3. The number of carbonyl (C=O) groups is 1. The Kier molecular flexibility index (Phi) is 3.01. The van der Waals surface area contributed by atoms with E-state index in [1.165, 1.54) is 32.1 Å². The van der Waals surface area contributed by atoms with E-state index in [1.807, 2.05) is 6.92 Å². The zero-order valence-corrected chi connectivity index (χ0v) is 9.37. The molecular weight excluding hydrogens is 192 g/mol. The summed E-state index contributed by atoms with van der Waals surface area (Å²) in [6.45, 7) is 3.16. The monoisotopic (exact) mass is 212 g/mol. The van der Waals surface area contributed by atoms with Crippen molar-refractivity contribution in [2.45, 2.75) is 39.0 Å². The summed E-state index contributed by atoms with van der Waals surface area (Å²) >= 11 is 0. The molecule has 3 nitrogen and oxygen atoms in total. The summed E-state index contributed by atoms with van der Waals surface area (Å²) in [6, 6.07) is 0. The van der Waals surface area contributed by atoms with Gasteiger partial charge in [0.25, 0.3) is 0 Å². The van der Waals surface area contributed by atoms with Crippen LogP contribution in [-0.4, -0.2) is 24.3 Å². The second kappa shape index (κ2) is 4.12. The van der Waals surface area contributed by atoms with Gasteiger partial charge in [-0.15, -0.1) is 0 Å². The van der Waals surface area contributed by atoms with Crippen molar-refractivity contribution in [3.05, 3.63) is 0 Å². The minimum atomic E-state index is -0.663. The van der Waals surface area contributed by atoms with Gasteiger partial charge < -0.3 is 9.84 Å². The molecule has 86 valence electrons. The summed E-state index contributed by atoms with van der Waals surface area (Å²) in [7, 11) is 0. The molecule has 0 radical (unpaired) electrons. The normalized spacial score (nSPS) is 28.1. The van der Waals surface area contributed by atoms with Crippen LogP contribution in [-0.2, 0) is 9.53 Å². The highest BCUT2D eigenvalue weighted by atomic mass is 16.5. The Morgan fingerprint density at radius 3 is 2.33 bits per heavy atom. The van der Waals surface area contributed by atoms with E-state index in [2.05, 4.69) is 0 Å². The first-order valence-electron chi connectivity index (χ1n) is 5.97. The van der Waals surface area contributed by atoms with Crippen molar-refractivity contribution >= 4 is 5.97 Å². The predicted octanol–water partition coefficient (Wildman–Crippen LogP) is 2.30. The van der Waals surface area contributed by atoms with Gasteiger partial charge in [0.05, 0.1) is 19.1 Å². The lowest BCUT2D eigenvalue weighted by molar-refractivity contribution is -0.195. The first kappa shape index (κ1) is 10.9. The fraction of sp³-hybridized carbons (Fsp3) is 0.917. The number of ether oxygens (including phenoxy) is 1. The topological polar surface area (TPSA) is 46.5 Å². The SMILES string of the molecule is CC(C(=O)O)C1(C2CCCCC2)COC1. The molecule has 2 fully saturated rings. The summed E-state index contributed by atoms with van der Waals surface area (Å²) in [5.41, 5.74) is -0.0494. The van der Waals surface area contributed by atoms with Crippen molar-refractivity contribution in [2.24, 2.45) is 17.3 Å². The zero-order chi connectivity index (χ0) is 10.9. The standard InChI is InChI=1S/C12H20O3/c1-9(11(13)14)12(7-15-8-12)10-5-3-2-4-6-10/h9-10H,2-8H2,1H3,(H,13,14). The van der Waals surface area contributed by atoms with E-state index >= 15 is 0 Å². The molecule has 0 spiro atoms. The molecule has 15 heavy (non-hydrogen) atoms. The van der Waals surface area contributed by atoms with Gasteiger partial charge in [-0.05, 0) is 18.8 Å². The minimum absolute atomic E-state index is 0.0494. The van der Waals surface area contributed by atoms with E-state index < -0.39 is 5.97 Å². The summed E-state index contributed by atoms with van der Waals surface area (Å²) in [4.78, 5) is 11.1. The number of hydrogen-bond acceptors (Lipinski definition) is 2. The van der Waals surface area contributed by atoms with Crippen molar-refractivity contribution in [3.8, 4) is 0 Å². The lowest BCUT2D eigenvalue weighted by Gasteiger charge is -2.51. The van der Waals surface area contributed by atoms with Gasteiger partial charge in [-0.3, -0.25) is 4.79 Å². The van der Waals surface area contributed by atoms with Crippen molar-refractivity contribution in [2.75, 3.05) is 13.2 Å². The Bertz CT molecular complexity index is 239. The van der Waals surface area contributed by atoms with Gasteiger partial charge >= 0.3 is 5.97 Å². The third-order valence-electron chi connectivity index (χ3n) is 4.39. The Labute approximate surface area is 90.8 Å². The molecule has 1 aliphatic heterocycles. The average molecular weight is 212 g/mol. The minimum Gasteiger partial charge on any atom is -0.481 e. The van der Waals surface area contributed by atoms with Crippen LogP contribution in [0, 0.1) is 17.3 Å². The molecule has 0 aromatic carbocycles. The maximum Gasteiger partial charge on any atom is 0.306 e. The molecule has 2 rings (SSSR count). The van der Waals surface area contributed by atoms with Crippen molar-refractivity contribution in [1.29, 1.82) is 0 Å². The Balaban J connectivity index is 2.09. The van der Waals surface area contributed by atoms with Gasteiger partial charge in [0.2, 0.25) is 0 Å². The highest BCUT2D eigenvalue weighted by molar-refractivity contribution is 5.71. The van der Waals surface area contributed by atoms with E-state index in [9.17, 15) is 4.79 Å². The molecule has 0 aromatic heterocycles. The van der Waals surface area contributed by atoms with Gasteiger partial charge in [-0.25, -0.2) is 0 Å². The number of carboxylic acid groups (broad SMARTS) is 1. The molecule has 1 heterocycles. The zero-order valence-electron chi connectivity index (χ0n) is 9.37. The maximum atomic E-state index is 11.1. The third-order valence-corrected chi connectivity index (χ3v) is 4.39. The molecule has 1 aliphatic carbocycles. The van der Waals surface area contributed by atoms with Crippen LogP contribution in [0.15, 0.2) is 0 Å². The molecule has 0 aromatic rings. The van der Waals surface area contributed by atoms with Crippen molar-refractivity contribution in [1.82, 2.24) is 0 Å². The van der Waals surface area contributed by atoms with Crippen molar-refractivity contribution < 1.29 is 14.6 Å². The second-order valence-corrected chi connectivity index (χ2v) is 5.12. The van der Waals surface area contributed by atoms with Gasteiger partial charge in [0.15, 0.2) is 0 Å². The lowest BCUT2D eigenvalue weighted by Crippen LogP contribution is -2.55. The lowest BCUT2D eigenvalue weighted by atomic mass is 9.61. The Morgan fingerprint density at radius 1 is 1.33 bits per heavy atom. The van der Waals surface area contributed by atoms with Crippen LogP contribution in [0.25, 0.3) is 0 Å². The van der Waals surface area contributed by atoms with Crippen molar-refractivity contribution in [3.63, 3.8) is 0 Å². The fourth-order valence-corrected chi connectivity index (χ4v) is 3.10. The van der Waals surface area contributed by atoms with Gasteiger partial charge in [-0.2, -0.15) is 0 Å². The smallest absolute Gasteiger partial charge is 0.306 e. The van der Waals surface area contributed by atoms with Crippen LogP contribution in [0.5, 0.6) is 0 Å². The molecule has 1 unspecified atom stereocenters. The van der Waals surface area contributed by atoms with E-state index in [0.29, 0.717) is 19.1 Å². The number of rotatable bonds is 3. The number of aliphatic carboxylic acids is 1. The van der Waals surface area contributed by atoms with Gasteiger partial charge in [0.1, 0.15) is 0 Å². The molecule has 3 heteroatoms. The van der Waals surface area contributed by atoms with Crippen LogP contribution < -0.4 is 0 Å². The number of hydrogen-bond donors (Lipinski definition) is 1. The van der Waals surface area contributed by atoms with E-state index in [4.69, 9.17) is 9.84 Å². The summed E-state index contributed by atoms with van der Waals surface area (Å²) in [6.07, 6.45) is 6.23. The summed E-state index contributed by atoms with van der Waals surface area (Å²) in [5, 5.41) is 9.16. The van der Waals surface area contributed by atoms with E-state index in [1.54, 1.807) is 0 Å². The van der Waals surface area contributed by atoms with E-state index in [0.717, 1.165) is 0 Å². The molecule has 0 bridgehead atoms. The molecule has 2 aliphatic rings. The van der Waals surface area contributed by atoms with Gasteiger partial charge in [-0.1, -0.05) is 26.2 Å². The molecule has 1 saturated heterocycles. The predicted molar refractivity (Wildman–Crippen MR) is 56.6 cm³/mol. The molecule has 1 atom stereocenters. The number of carboxylic acids is 1.